The number of benzene rings is 1. The Hall–Kier alpha value is -2.27. The van der Waals surface area contributed by atoms with E-state index in [0.717, 1.165) is 40.7 Å². The van der Waals surface area contributed by atoms with Crippen molar-refractivity contribution < 1.29 is 9.53 Å². The Morgan fingerprint density at radius 2 is 2.07 bits per heavy atom. The van der Waals surface area contributed by atoms with E-state index in [2.05, 4.69) is 31.9 Å². The maximum absolute atomic E-state index is 12.3. The number of ether oxygens (including phenoxy) is 1. The van der Waals surface area contributed by atoms with E-state index < -0.39 is 5.60 Å². The fourth-order valence-corrected chi connectivity index (χ4v) is 5.00. The smallest absolute Gasteiger partial charge is 0.410 e. The summed E-state index contributed by atoms with van der Waals surface area (Å²) in [6, 6.07) is 4.35. The molecule has 0 atom stereocenters. The van der Waals surface area contributed by atoms with Crippen LogP contribution in [-0.4, -0.2) is 52.3 Å². The van der Waals surface area contributed by atoms with E-state index in [1.54, 1.807) is 11.2 Å². The van der Waals surface area contributed by atoms with Gasteiger partial charge < -0.3 is 19.1 Å². The Bertz CT molecular complexity index is 995. The zero-order valence-corrected chi connectivity index (χ0v) is 18.2. The van der Waals surface area contributed by atoms with Crippen LogP contribution < -0.4 is 4.90 Å². The van der Waals surface area contributed by atoms with Gasteiger partial charge >= 0.3 is 6.09 Å². The quantitative estimate of drug-likeness (QED) is 0.669. The summed E-state index contributed by atoms with van der Waals surface area (Å²) in [5.74, 6) is 0. The summed E-state index contributed by atoms with van der Waals surface area (Å²) in [7, 11) is 1.92. The van der Waals surface area contributed by atoms with Gasteiger partial charge in [-0.15, -0.1) is 0 Å². The number of carbonyl (C=O) groups excluding carboxylic acids is 1. The number of halogens is 1. The Morgan fingerprint density at radius 3 is 2.71 bits per heavy atom. The van der Waals surface area contributed by atoms with Gasteiger partial charge in [-0.1, -0.05) is 0 Å². The van der Waals surface area contributed by atoms with E-state index in [9.17, 15) is 10.1 Å². The number of likely N-dealkylation sites (tertiary alicyclic amines) is 1. The van der Waals surface area contributed by atoms with Gasteiger partial charge in [0.1, 0.15) is 11.7 Å². The highest BCUT2D eigenvalue weighted by atomic mass is 79.9. The standard InChI is InChI=1S/C20H24BrN5O2/c1-19(2,3)28-18(27)26-10-20(11-26)5-6-25(9-20)15-7-14-17(24(4)12-23-14)16(21)13(15)8-22/h7,12H,5-6,9-11H2,1-4H3. The molecule has 1 aromatic heterocycles. The Kier molecular flexibility index (Phi) is 4.34. The van der Waals surface area contributed by atoms with E-state index in [1.165, 1.54) is 0 Å². The monoisotopic (exact) mass is 445 g/mol. The van der Waals surface area contributed by atoms with Gasteiger partial charge in [-0.3, -0.25) is 0 Å². The summed E-state index contributed by atoms with van der Waals surface area (Å²) < 4.78 is 8.17. The van der Waals surface area contributed by atoms with Crippen molar-refractivity contribution in [3.05, 3.63) is 22.4 Å². The lowest BCUT2D eigenvalue weighted by atomic mass is 9.79. The topological polar surface area (TPSA) is 74.4 Å². The number of aryl methyl sites for hydroxylation is 1. The predicted octanol–water partition coefficient (Wildman–Crippen LogP) is 3.65. The van der Waals surface area contributed by atoms with Crippen molar-refractivity contribution in [3.8, 4) is 6.07 Å². The van der Waals surface area contributed by atoms with Gasteiger partial charge in [0.2, 0.25) is 0 Å². The maximum Gasteiger partial charge on any atom is 0.410 e. The molecule has 1 spiro atoms. The highest BCUT2D eigenvalue weighted by Crippen LogP contribution is 2.44. The first kappa shape index (κ1) is 19.1. The van der Waals surface area contributed by atoms with Crippen molar-refractivity contribution in [1.82, 2.24) is 14.5 Å². The van der Waals surface area contributed by atoms with Crippen molar-refractivity contribution in [2.45, 2.75) is 32.8 Å². The molecule has 1 amide bonds. The first-order valence-electron chi connectivity index (χ1n) is 9.39. The average Bonchev–Trinajstić information content (AvgIpc) is 3.16. The first-order chi connectivity index (χ1) is 13.1. The number of anilines is 1. The number of imidazole rings is 1. The highest BCUT2D eigenvalue weighted by Gasteiger charge is 2.50. The molecular weight excluding hydrogens is 422 g/mol. The molecule has 2 fully saturated rings. The third-order valence-corrected chi connectivity index (χ3v) is 6.29. The molecule has 0 aliphatic carbocycles. The van der Waals surface area contributed by atoms with Gasteiger partial charge in [0, 0.05) is 38.6 Å². The van der Waals surface area contributed by atoms with Gasteiger partial charge in [0.25, 0.3) is 0 Å². The van der Waals surface area contributed by atoms with Crippen LogP contribution in [-0.2, 0) is 11.8 Å². The summed E-state index contributed by atoms with van der Waals surface area (Å²) in [6.45, 7) is 8.74. The molecule has 148 valence electrons. The van der Waals surface area contributed by atoms with Gasteiger partial charge in [-0.25, -0.2) is 9.78 Å². The number of amides is 1. The number of nitrogens with zero attached hydrogens (tertiary/aromatic N) is 5. The lowest BCUT2D eigenvalue weighted by Crippen LogP contribution is -2.60. The van der Waals surface area contributed by atoms with Crippen LogP contribution in [0.15, 0.2) is 16.9 Å². The number of fused-ring (bicyclic) bond motifs is 1. The molecule has 28 heavy (non-hydrogen) atoms. The molecule has 0 radical (unpaired) electrons. The average molecular weight is 446 g/mol. The van der Waals surface area contributed by atoms with Crippen LogP contribution in [0.2, 0.25) is 0 Å². The van der Waals surface area contributed by atoms with E-state index in [1.807, 2.05) is 38.5 Å². The Morgan fingerprint density at radius 1 is 1.36 bits per heavy atom. The summed E-state index contributed by atoms with van der Waals surface area (Å²) in [5.41, 5.74) is 2.94. The molecule has 1 aromatic carbocycles. The minimum absolute atomic E-state index is 0.0786. The molecule has 2 aromatic rings. The molecule has 4 rings (SSSR count). The largest absolute Gasteiger partial charge is 0.444 e. The summed E-state index contributed by atoms with van der Waals surface area (Å²) in [5, 5.41) is 9.77. The van der Waals surface area contributed by atoms with Crippen LogP contribution in [0.1, 0.15) is 32.8 Å². The minimum Gasteiger partial charge on any atom is -0.444 e. The highest BCUT2D eigenvalue weighted by molar-refractivity contribution is 9.10. The second-order valence-electron chi connectivity index (χ2n) is 8.93. The van der Waals surface area contributed by atoms with Crippen LogP contribution in [0, 0.1) is 16.7 Å². The van der Waals surface area contributed by atoms with Crippen molar-refractivity contribution in [2.75, 3.05) is 31.1 Å². The molecule has 0 bridgehead atoms. The molecule has 2 saturated heterocycles. The van der Waals surface area contributed by atoms with Crippen molar-refractivity contribution >= 4 is 38.7 Å². The maximum atomic E-state index is 12.3. The normalized spacial score (nSPS) is 18.4. The van der Waals surface area contributed by atoms with Crippen molar-refractivity contribution in [1.29, 1.82) is 5.26 Å². The molecule has 7 nitrogen and oxygen atoms in total. The number of rotatable bonds is 1. The second-order valence-corrected chi connectivity index (χ2v) is 9.72. The van der Waals surface area contributed by atoms with Crippen LogP contribution in [0.5, 0.6) is 0 Å². The molecule has 0 unspecified atom stereocenters. The molecule has 0 saturated carbocycles. The summed E-state index contributed by atoms with van der Waals surface area (Å²) in [4.78, 5) is 20.7. The first-order valence-corrected chi connectivity index (χ1v) is 10.2. The number of aromatic nitrogens is 2. The van der Waals surface area contributed by atoms with Crippen LogP contribution in [0.25, 0.3) is 11.0 Å². The number of nitriles is 1. The number of hydrogen-bond donors (Lipinski definition) is 0. The Balaban J connectivity index is 1.53. The van der Waals surface area contributed by atoms with E-state index in [0.29, 0.717) is 18.7 Å². The van der Waals surface area contributed by atoms with Gasteiger partial charge in [-0.05, 0) is 49.2 Å². The summed E-state index contributed by atoms with van der Waals surface area (Å²) >= 11 is 3.61. The molecule has 3 heterocycles. The summed E-state index contributed by atoms with van der Waals surface area (Å²) in [6.07, 6.45) is 2.51. The van der Waals surface area contributed by atoms with Crippen molar-refractivity contribution in [2.24, 2.45) is 12.5 Å². The number of hydrogen-bond acceptors (Lipinski definition) is 5. The lowest BCUT2D eigenvalue weighted by Gasteiger charge is -2.47. The third kappa shape index (κ3) is 3.12. The second kappa shape index (κ2) is 6.38. The minimum atomic E-state index is -0.479. The zero-order chi connectivity index (χ0) is 20.3. The fourth-order valence-electron chi connectivity index (χ4n) is 4.23. The van der Waals surface area contributed by atoms with E-state index >= 15 is 0 Å². The van der Waals surface area contributed by atoms with Crippen molar-refractivity contribution in [3.63, 3.8) is 0 Å². The van der Waals surface area contributed by atoms with Gasteiger partial charge in [-0.2, -0.15) is 5.26 Å². The van der Waals surface area contributed by atoms with Gasteiger partial charge in [0.15, 0.2) is 0 Å². The molecular formula is C20H24BrN5O2. The van der Waals surface area contributed by atoms with E-state index in [4.69, 9.17) is 4.74 Å². The molecule has 2 aliphatic rings. The van der Waals surface area contributed by atoms with Gasteiger partial charge in [0.05, 0.1) is 33.1 Å². The predicted molar refractivity (Wildman–Crippen MR) is 110 cm³/mol. The fraction of sp³-hybridized carbons (Fsp3) is 0.550. The van der Waals surface area contributed by atoms with Crippen LogP contribution in [0.4, 0.5) is 10.5 Å². The van der Waals surface area contributed by atoms with E-state index in [-0.39, 0.29) is 11.5 Å². The van der Waals surface area contributed by atoms with Crippen LogP contribution >= 0.6 is 15.9 Å². The molecule has 2 aliphatic heterocycles. The number of carbonyl (C=O) groups is 1. The third-order valence-electron chi connectivity index (χ3n) is 5.52. The molecule has 8 heteroatoms. The molecule has 0 N–H and O–H groups in total. The SMILES string of the molecule is Cn1cnc2cc(N3CCC4(CN(C(=O)OC(C)(C)C)C4)C3)c(C#N)c(Br)c21. The lowest BCUT2D eigenvalue weighted by molar-refractivity contribution is -0.0266. The zero-order valence-electron chi connectivity index (χ0n) is 16.6. The Labute approximate surface area is 173 Å². The van der Waals surface area contributed by atoms with Crippen LogP contribution in [0.3, 0.4) is 0 Å².